The van der Waals surface area contributed by atoms with E-state index in [9.17, 15) is 14.4 Å². The Morgan fingerprint density at radius 3 is 2.26 bits per heavy atom. The Morgan fingerprint density at radius 2 is 1.66 bits per heavy atom. The number of rotatable bonds is 9. The summed E-state index contributed by atoms with van der Waals surface area (Å²) in [5.74, 6) is -0.720. The smallest absolute Gasteiger partial charge is 0.407 e. The molecule has 2 aliphatic rings. The molecule has 1 saturated heterocycles. The molecule has 2 aromatic carbocycles. The minimum atomic E-state index is -0.850. The van der Waals surface area contributed by atoms with Gasteiger partial charge in [-0.25, -0.2) is 4.79 Å². The number of alkyl carbamates (subject to hydrolysis) is 1. The van der Waals surface area contributed by atoms with Crippen LogP contribution in [-0.4, -0.2) is 53.7 Å². The Labute approximate surface area is 206 Å². The maximum absolute atomic E-state index is 13.2. The van der Waals surface area contributed by atoms with Gasteiger partial charge in [-0.1, -0.05) is 62.4 Å². The standard InChI is InChI=1S/C28H34N2O5/c1-18(2)11-12-25(27(33)30-14-13-19(16-30)15-26(31)32)29-28(34)35-17-24-22-9-5-3-7-20(22)21-8-4-6-10-23(21)24/h3-10,18-19,24-25H,11-17H2,1-2H3,(H,29,34)(H,31,32). The lowest BCUT2D eigenvalue weighted by atomic mass is 9.98. The first-order valence-electron chi connectivity index (χ1n) is 12.5. The van der Waals surface area contributed by atoms with E-state index in [0.29, 0.717) is 31.8 Å². The van der Waals surface area contributed by atoms with Crippen molar-refractivity contribution in [3.63, 3.8) is 0 Å². The molecule has 2 atom stereocenters. The van der Waals surface area contributed by atoms with Crippen molar-refractivity contribution in [2.45, 2.75) is 51.5 Å². The molecule has 0 aromatic heterocycles. The van der Waals surface area contributed by atoms with Crippen LogP contribution < -0.4 is 5.32 Å². The fourth-order valence-electron chi connectivity index (χ4n) is 5.21. The second-order valence-electron chi connectivity index (χ2n) is 10.0. The van der Waals surface area contributed by atoms with Gasteiger partial charge >= 0.3 is 12.1 Å². The van der Waals surface area contributed by atoms with Crippen molar-refractivity contribution in [1.29, 1.82) is 0 Å². The lowest BCUT2D eigenvalue weighted by molar-refractivity contribution is -0.138. The molecule has 1 heterocycles. The first kappa shape index (κ1) is 24.8. The largest absolute Gasteiger partial charge is 0.481 e. The number of ether oxygens (including phenoxy) is 1. The van der Waals surface area contributed by atoms with E-state index in [1.807, 2.05) is 24.3 Å². The highest BCUT2D eigenvalue weighted by molar-refractivity contribution is 5.86. The van der Waals surface area contributed by atoms with Crippen molar-refractivity contribution in [3.05, 3.63) is 59.7 Å². The fourth-order valence-corrected chi connectivity index (χ4v) is 5.21. The van der Waals surface area contributed by atoms with E-state index in [4.69, 9.17) is 9.84 Å². The molecule has 0 radical (unpaired) electrons. The average Bonchev–Trinajstić information content (AvgIpc) is 3.42. The van der Waals surface area contributed by atoms with Crippen LogP contribution >= 0.6 is 0 Å². The minimum Gasteiger partial charge on any atom is -0.481 e. The third-order valence-electron chi connectivity index (χ3n) is 7.03. The zero-order chi connectivity index (χ0) is 24.9. The molecule has 2 N–H and O–H groups in total. The van der Waals surface area contributed by atoms with Gasteiger partial charge < -0.3 is 20.1 Å². The van der Waals surface area contributed by atoms with E-state index < -0.39 is 18.1 Å². The number of carbonyl (C=O) groups is 3. The molecule has 1 aliphatic heterocycles. The third kappa shape index (κ3) is 5.84. The Hall–Kier alpha value is -3.35. The predicted molar refractivity (Wildman–Crippen MR) is 133 cm³/mol. The number of aliphatic carboxylic acids is 1. The summed E-state index contributed by atoms with van der Waals surface area (Å²) >= 11 is 0. The average molecular weight is 479 g/mol. The number of carboxylic acids is 1. The highest BCUT2D eigenvalue weighted by Crippen LogP contribution is 2.44. The Bertz CT molecular complexity index is 1040. The summed E-state index contributed by atoms with van der Waals surface area (Å²) < 4.78 is 5.67. The van der Waals surface area contributed by atoms with E-state index in [1.165, 1.54) is 0 Å². The van der Waals surface area contributed by atoms with Crippen molar-refractivity contribution in [2.24, 2.45) is 11.8 Å². The van der Waals surface area contributed by atoms with Crippen LogP contribution in [0.5, 0.6) is 0 Å². The van der Waals surface area contributed by atoms with Gasteiger partial charge in [-0.15, -0.1) is 0 Å². The summed E-state index contributed by atoms with van der Waals surface area (Å²) in [6.07, 6.45) is 1.42. The lowest BCUT2D eigenvalue weighted by Gasteiger charge is -2.25. The number of amides is 2. The summed E-state index contributed by atoms with van der Waals surface area (Å²) in [6, 6.07) is 15.6. The van der Waals surface area contributed by atoms with Crippen LogP contribution in [0.25, 0.3) is 11.1 Å². The molecule has 2 aromatic rings. The molecule has 7 heteroatoms. The van der Waals surface area contributed by atoms with Gasteiger partial charge in [0.05, 0.1) is 0 Å². The van der Waals surface area contributed by atoms with Gasteiger partial charge in [-0.2, -0.15) is 0 Å². The predicted octanol–water partition coefficient (Wildman–Crippen LogP) is 4.65. The van der Waals surface area contributed by atoms with Gasteiger partial charge in [0.1, 0.15) is 12.6 Å². The van der Waals surface area contributed by atoms with Crippen molar-refractivity contribution < 1.29 is 24.2 Å². The van der Waals surface area contributed by atoms with Crippen LogP contribution in [0.15, 0.2) is 48.5 Å². The van der Waals surface area contributed by atoms with E-state index in [-0.39, 0.29) is 30.8 Å². The van der Waals surface area contributed by atoms with Crippen LogP contribution in [0.2, 0.25) is 0 Å². The number of nitrogens with one attached hydrogen (secondary N) is 1. The number of hydrogen-bond donors (Lipinski definition) is 2. The van der Waals surface area contributed by atoms with E-state index >= 15 is 0 Å². The third-order valence-corrected chi connectivity index (χ3v) is 7.03. The highest BCUT2D eigenvalue weighted by atomic mass is 16.5. The number of carboxylic acid groups (broad SMARTS) is 1. The number of carbonyl (C=O) groups excluding carboxylic acids is 2. The zero-order valence-corrected chi connectivity index (χ0v) is 20.4. The molecule has 35 heavy (non-hydrogen) atoms. The minimum absolute atomic E-state index is 0.0448. The second-order valence-corrected chi connectivity index (χ2v) is 10.0. The molecular formula is C28H34N2O5. The first-order chi connectivity index (χ1) is 16.8. The quantitative estimate of drug-likeness (QED) is 0.547. The SMILES string of the molecule is CC(C)CCC(NC(=O)OCC1c2ccccc2-c2ccccc21)C(=O)N1CCC(CC(=O)O)C1. The molecule has 1 aliphatic carbocycles. The molecule has 1 fully saturated rings. The van der Waals surface area contributed by atoms with Gasteiger partial charge in [-0.05, 0) is 53.4 Å². The molecule has 7 nitrogen and oxygen atoms in total. The number of benzene rings is 2. The Kier molecular flexibility index (Phi) is 7.73. The van der Waals surface area contributed by atoms with Gasteiger partial charge in [0.25, 0.3) is 0 Å². The van der Waals surface area contributed by atoms with Gasteiger partial charge in [0.15, 0.2) is 0 Å². The summed E-state index contributed by atoms with van der Waals surface area (Å²) in [7, 11) is 0. The number of hydrogen-bond acceptors (Lipinski definition) is 4. The van der Waals surface area contributed by atoms with Gasteiger partial charge in [0.2, 0.25) is 5.91 Å². The molecule has 0 bridgehead atoms. The molecule has 0 spiro atoms. The lowest BCUT2D eigenvalue weighted by Crippen LogP contribution is -2.48. The molecule has 186 valence electrons. The number of fused-ring (bicyclic) bond motifs is 3. The van der Waals surface area contributed by atoms with Crippen LogP contribution in [0, 0.1) is 11.8 Å². The van der Waals surface area contributed by atoms with E-state index in [2.05, 4.69) is 43.4 Å². The van der Waals surface area contributed by atoms with Crippen LogP contribution in [0.4, 0.5) is 4.79 Å². The van der Waals surface area contributed by atoms with Crippen molar-refractivity contribution in [3.8, 4) is 11.1 Å². The Balaban J connectivity index is 1.39. The van der Waals surface area contributed by atoms with Gasteiger partial charge in [-0.3, -0.25) is 9.59 Å². The number of nitrogens with zero attached hydrogens (tertiary/aromatic N) is 1. The maximum Gasteiger partial charge on any atom is 0.407 e. The normalized spacial score (nSPS) is 17.7. The topological polar surface area (TPSA) is 95.9 Å². The molecule has 4 rings (SSSR count). The van der Waals surface area contributed by atoms with Crippen molar-refractivity contribution in [2.75, 3.05) is 19.7 Å². The summed E-state index contributed by atoms with van der Waals surface area (Å²) in [4.78, 5) is 38.8. The van der Waals surface area contributed by atoms with Gasteiger partial charge in [0, 0.05) is 25.4 Å². The van der Waals surface area contributed by atoms with Crippen LogP contribution in [0.3, 0.4) is 0 Å². The first-order valence-corrected chi connectivity index (χ1v) is 12.5. The van der Waals surface area contributed by atoms with E-state index in [0.717, 1.165) is 28.7 Å². The molecule has 0 saturated carbocycles. The molecule has 2 amide bonds. The highest BCUT2D eigenvalue weighted by Gasteiger charge is 2.34. The summed E-state index contributed by atoms with van der Waals surface area (Å²) in [5, 5.41) is 11.9. The maximum atomic E-state index is 13.2. The monoisotopic (exact) mass is 478 g/mol. The summed E-state index contributed by atoms with van der Waals surface area (Å²) in [5.41, 5.74) is 4.59. The van der Waals surface area contributed by atoms with Crippen molar-refractivity contribution >= 4 is 18.0 Å². The second kappa shape index (κ2) is 10.9. The zero-order valence-electron chi connectivity index (χ0n) is 20.4. The van der Waals surface area contributed by atoms with E-state index in [1.54, 1.807) is 4.90 Å². The van der Waals surface area contributed by atoms with Crippen LogP contribution in [0.1, 0.15) is 56.6 Å². The molecular weight excluding hydrogens is 444 g/mol. The fraction of sp³-hybridized carbons (Fsp3) is 0.464. The number of likely N-dealkylation sites (tertiary alicyclic amines) is 1. The van der Waals surface area contributed by atoms with Crippen LogP contribution in [-0.2, 0) is 14.3 Å². The summed E-state index contributed by atoms with van der Waals surface area (Å²) in [6.45, 7) is 5.27. The van der Waals surface area contributed by atoms with Crippen molar-refractivity contribution in [1.82, 2.24) is 10.2 Å². The Morgan fingerprint density at radius 1 is 1.03 bits per heavy atom. The molecule has 2 unspecified atom stereocenters.